The van der Waals surface area contributed by atoms with E-state index in [9.17, 15) is 4.39 Å². The third-order valence-corrected chi connectivity index (χ3v) is 0.309. The zero-order chi connectivity index (χ0) is 4.28. The molecule has 0 aliphatic carbocycles. The second-order valence-corrected chi connectivity index (χ2v) is 1.55. The Balaban J connectivity index is 2.54. The van der Waals surface area contributed by atoms with Crippen LogP contribution in [0.3, 0.4) is 0 Å². The summed E-state index contributed by atoms with van der Waals surface area (Å²) in [7, 11) is 0. The van der Waals surface area contributed by atoms with Crippen molar-refractivity contribution >= 4 is 0 Å². The van der Waals surface area contributed by atoms with Crippen LogP contribution >= 0.6 is 0 Å². The highest BCUT2D eigenvalue weighted by molar-refractivity contribution is 4.33. The van der Waals surface area contributed by atoms with Gasteiger partial charge in [0.25, 0.3) is 0 Å². The molecule has 0 saturated carbocycles. The maximum atomic E-state index is 11.1. The number of halogens is 1. The Hall–Kier alpha value is -0.0700. The standard InChI is InChI=1S/C4H9F/c1-4(2)3-5/h4H,3H2,1-2H3/i5-1. The Morgan fingerprint density at radius 3 is 1.80 bits per heavy atom. The number of alkyl halides is 1. The molecule has 0 amide bonds. The van der Waals surface area contributed by atoms with Crippen LogP contribution in [0.5, 0.6) is 0 Å². The lowest BCUT2D eigenvalue weighted by Gasteiger charge is -1.87. The van der Waals surface area contributed by atoms with E-state index in [4.69, 9.17) is 0 Å². The van der Waals surface area contributed by atoms with Gasteiger partial charge in [-0.3, -0.25) is 4.39 Å². The van der Waals surface area contributed by atoms with Gasteiger partial charge in [0.05, 0.1) is 6.67 Å². The van der Waals surface area contributed by atoms with Crippen molar-refractivity contribution in [1.82, 2.24) is 0 Å². The van der Waals surface area contributed by atoms with E-state index in [0.29, 0.717) is 0 Å². The second-order valence-electron chi connectivity index (χ2n) is 1.55. The first-order valence-electron chi connectivity index (χ1n) is 1.83. The van der Waals surface area contributed by atoms with Crippen LogP contribution < -0.4 is 0 Å². The minimum atomic E-state index is -0.194. The zero-order valence-electron chi connectivity index (χ0n) is 3.66. The number of hydrogen-bond acceptors (Lipinski definition) is 0. The quantitative estimate of drug-likeness (QED) is 0.444. The van der Waals surface area contributed by atoms with E-state index in [1.54, 1.807) is 0 Å². The van der Waals surface area contributed by atoms with Gasteiger partial charge < -0.3 is 0 Å². The molecule has 0 aliphatic heterocycles. The summed E-state index contributed by atoms with van der Waals surface area (Å²) in [5.41, 5.74) is 0. The van der Waals surface area contributed by atoms with E-state index in [1.165, 1.54) is 0 Å². The van der Waals surface area contributed by atoms with Crippen molar-refractivity contribution in [2.24, 2.45) is 5.92 Å². The van der Waals surface area contributed by atoms with Crippen LogP contribution in [0.15, 0.2) is 0 Å². The Morgan fingerprint density at radius 1 is 1.60 bits per heavy atom. The summed E-state index contributed by atoms with van der Waals surface area (Å²) >= 11 is 0. The summed E-state index contributed by atoms with van der Waals surface area (Å²) in [5.74, 6) is 0.218. The van der Waals surface area contributed by atoms with Gasteiger partial charge in [-0.2, -0.15) is 0 Å². The molecule has 32 valence electrons. The minimum Gasteiger partial charge on any atom is -0.251 e. The maximum Gasteiger partial charge on any atom is 0.0917 e. The molecule has 0 nitrogen and oxygen atoms in total. The van der Waals surface area contributed by atoms with E-state index >= 15 is 0 Å². The molecule has 0 atom stereocenters. The van der Waals surface area contributed by atoms with Crippen LogP contribution in [0.2, 0.25) is 0 Å². The van der Waals surface area contributed by atoms with Gasteiger partial charge in [0.2, 0.25) is 0 Å². The third kappa shape index (κ3) is 3.93. The van der Waals surface area contributed by atoms with Crippen molar-refractivity contribution in [2.75, 3.05) is 6.67 Å². The lowest BCUT2D eigenvalue weighted by molar-refractivity contribution is 0.404. The van der Waals surface area contributed by atoms with Gasteiger partial charge in [-0.25, -0.2) is 0 Å². The summed E-state index contributed by atoms with van der Waals surface area (Å²) < 4.78 is 11.1. The van der Waals surface area contributed by atoms with Crippen molar-refractivity contribution < 1.29 is 4.39 Å². The van der Waals surface area contributed by atoms with Gasteiger partial charge in [0.1, 0.15) is 0 Å². The topological polar surface area (TPSA) is 0 Å². The van der Waals surface area contributed by atoms with Gasteiger partial charge in [-0.15, -0.1) is 0 Å². The van der Waals surface area contributed by atoms with Gasteiger partial charge in [0, 0.05) is 0 Å². The molecule has 0 fully saturated rings. The van der Waals surface area contributed by atoms with Crippen LogP contribution in [0.1, 0.15) is 13.8 Å². The normalized spacial score (nSPS) is 9.60. The fourth-order valence-corrected chi connectivity index (χ4v) is 0. The van der Waals surface area contributed by atoms with E-state index in [-0.39, 0.29) is 12.6 Å². The molecule has 5 heavy (non-hydrogen) atoms. The van der Waals surface area contributed by atoms with Crippen LogP contribution in [-0.2, 0) is 0 Å². The average Bonchev–Trinajstić information content (AvgIpc) is 1.38. The Labute approximate surface area is 32.0 Å². The smallest absolute Gasteiger partial charge is 0.0917 e. The predicted octanol–water partition coefficient (Wildman–Crippen LogP) is 1.61. The van der Waals surface area contributed by atoms with Crippen molar-refractivity contribution in [2.45, 2.75) is 13.8 Å². The van der Waals surface area contributed by atoms with Gasteiger partial charge >= 0.3 is 0 Å². The first-order chi connectivity index (χ1) is 2.27. The molecule has 0 rings (SSSR count). The molecule has 0 saturated heterocycles. The first kappa shape index (κ1) is 4.93. The fourth-order valence-electron chi connectivity index (χ4n) is 0. The van der Waals surface area contributed by atoms with E-state index in [0.717, 1.165) is 0 Å². The molecule has 0 aromatic rings. The van der Waals surface area contributed by atoms with E-state index in [2.05, 4.69) is 0 Å². The summed E-state index contributed by atoms with van der Waals surface area (Å²) in [4.78, 5) is 0. The van der Waals surface area contributed by atoms with Gasteiger partial charge in [-0.05, 0) is 5.92 Å². The van der Waals surface area contributed by atoms with Crippen molar-refractivity contribution in [3.8, 4) is 0 Å². The molecule has 0 spiro atoms. The summed E-state index contributed by atoms with van der Waals surface area (Å²) in [5, 5.41) is 0. The predicted molar refractivity (Wildman–Crippen MR) is 20.8 cm³/mol. The van der Waals surface area contributed by atoms with E-state index in [1.807, 2.05) is 13.8 Å². The zero-order valence-corrected chi connectivity index (χ0v) is 3.66. The van der Waals surface area contributed by atoms with Gasteiger partial charge in [0.15, 0.2) is 0 Å². The maximum absolute atomic E-state index is 11.1. The first-order valence-corrected chi connectivity index (χ1v) is 1.83. The molecule has 0 unspecified atom stereocenters. The molecular weight excluding hydrogens is 66.0 g/mol. The third-order valence-electron chi connectivity index (χ3n) is 0.309. The highest BCUT2D eigenvalue weighted by Gasteiger charge is 1.83. The van der Waals surface area contributed by atoms with E-state index < -0.39 is 0 Å². The molecular formula is C4H9F. The van der Waals surface area contributed by atoms with Crippen molar-refractivity contribution in [3.63, 3.8) is 0 Å². The molecule has 1 heteroatoms. The van der Waals surface area contributed by atoms with Crippen LogP contribution in [0.25, 0.3) is 0 Å². The van der Waals surface area contributed by atoms with Gasteiger partial charge in [-0.1, -0.05) is 13.8 Å². The monoisotopic (exact) mass is 75.1 g/mol. The highest BCUT2D eigenvalue weighted by atomic mass is 18.2. The molecule has 0 aromatic carbocycles. The summed E-state index contributed by atoms with van der Waals surface area (Å²) in [6.07, 6.45) is 0. The van der Waals surface area contributed by atoms with Crippen LogP contribution in [0, 0.1) is 5.92 Å². The highest BCUT2D eigenvalue weighted by Crippen LogP contribution is 1.88. The summed E-state index contributed by atoms with van der Waals surface area (Å²) in [6, 6.07) is 0. The lowest BCUT2D eigenvalue weighted by Crippen LogP contribution is -1.84. The molecule has 0 N–H and O–H groups in total. The average molecular weight is 75.1 g/mol. The lowest BCUT2D eigenvalue weighted by atomic mass is 10.3. The Bertz CT molecular complexity index is 17.6. The van der Waals surface area contributed by atoms with Crippen LogP contribution in [0.4, 0.5) is 4.39 Å². The fraction of sp³-hybridized carbons (Fsp3) is 1.00. The molecule has 0 aliphatic rings. The molecule has 0 radical (unpaired) electrons. The Morgan fingerprint density at radius 2 is 1.80 bits per heavy atom. The largest absolute Gasteiger partial charge is 0.251 e. The van der Waals surface area contributed by atoms with Crippen molar-refractivity contribution in [3.05, 3.63) is 0 Å². The SMILES string of the molecule is CC(C)C[18F]. The molecule has 0 bridgehead atoms. The Kier molecular flexibility index (Phi) is 2.15. The van der Waals surface area contributed by atoms with Crippen LogP contribution in [-0.4, -0.2) is 6.67 Å². The number of rotatable bonds is 1. The second kappa shape index (κ2) is 2.18. The molecule has 0 aromatic heterocycles. The number of hydrogen-bond donors (Lipinski definition) is 0. The minimum absolute atomic E-state index is 0.194. The summed E-state index contributed by atoms with van der Waals surface area (Å²) in [6.45, 7) is 3.50. The molecule has 0 heterocycles. The van der Waals surface area contributed by atoms with Crippen molar-refractivity contribution in [1.29, 1.82) is 0 Å².